The molecule has 0 radical (unpaired) electrons. The molecule has 134 heavy (non-hydrogen) atoms. The van der Waals surface area contributed by atoms with Crippen LogP contribution in [0.2, 0.25) is 0 Å². The highest BCUT2D eigenvalue weighted by molar-refractivity contribution is 5.99. The summed E-state index contributed by atoms with van der Waals surface area (Å²) in [6.45, 7) is -3.34. The predicted octanol–water partition coefficient (Wildman–Crippen LogP) is -11.1. The summed E-state index contributed by atoms with van der Waals surface area (Å²) in [5, 5.41) is 59.0. The number of H-pyrrole nitrogens is 1. The lowest BCUT2D eigenvalue weighted by atomic mass is 10.0. The van der Waals surface area contributed by atoms with Crippen LogP contribution in [0.25, 0.3) is 11.2 Å². The van der Waals surface area contributed by atoms with Crippen molar-refractivity contribution in [3.05, 3.63) is 95.1 Å². The number of likely N-dealkylation sites (tertiary alicyclic amines) is 6. The molecule has 53 heteroatoms. The zero-order valence-electron chi connectivity index (χ0n) is 73.7. The van der Waals surface area contributed by atoms with Crippen LogP contribution in [0.4, 0.5) is 5.95 Å². The number of amides is 14. The van der Waals surface area contributed by atoms with Gasteiger partial charge >= 0.3 is 0 Å². The number of guanidine groups is 3. The normalized spacial score (nSPS) is 22.3. The van der Waals surface area contributed by atoms with E-state index in [1.165, 1.54) is 85.6 Å². The van der Waals surface area contributed by atoms with E-state index in [1.54, 1.807) is 0 Å². The lowest BCUT2D eigenvalue weighted by Gasteiger charge is -2.33. The molecule has 10 heterocycles. The first-order valence-electron chi connectivity index (χ1n) is 44.1. The van der Waals surface area contributed by atoms with Crippen molar-refractivity contribution < 1.29 is 72.2 Å². The monoisotopic (exact) mass is 1870 g/mol. The third kappa shape index (κ3) is 26.3. The van der Waals surface area contributed by atoms with Gasteiger partial charge in [0.15, 0.2) is 29.0 Å². The van der Waals surface area contributed by atoms with Gasteiger partial charge in [-0.25, -0.2) is 15.0 Å². The second kappa shape index (κ2) is 46.1. The number of carbonyl (C=O) groups excluding carboxylic acids is 14. The molecule has 14 amide bonds. The van der Waals surface area contributed by atoms with Gasteiger partial charge < -0.3 is 149 Å². The van der Waals surface area contributed by atoms with Gasteiger partial charge in [-0.1, -0.05) is 12.1 Å². The van der Waals surface area contributed by atoms with Crippen molar-refractivity contribution >= 4 is 118 Å². The smallest absolute Gasteiger partial charge is 0.280 e. The maximum atomic E-state index is 15.3. The summed E-state index contributed by atoms with van der Waals surface area (Å²) in [5.41, 5.74) is 61.1. The van der Waals surface area contributed by atoms with E-state index in [0.29, 0.717) is 31.2 Å². The van der Waals surface area contributed by atoms with Crippen molar-refractivity contribution in [3.8, 4) is 5.75 Å². The summed E-state index contributed by atoms with van der Waals surface area (Å²) in [4.78, 5) is 249. The number of hydrogen-bond acceptors (Lipinski definition) is 31. The molecule has 5 aromatic rings. The number of phenols is 1. The Morgan fingerprint density at radius 1 is 0.507 bits per heavy atom. The Morgan fingerprint density at radius 2 is 0.948 bits per heavy atom. The molecule has 16 atom stereocenters. The molecule has 6 aliphatic heterocycles. The third-order valence-electron chi connectivity index (χ3n) is 24.2. The summed E-state index contributed by atoms with van der Waals surface area (Å²) < 4.78 is 1.17. The van der Waals surface area contributed by atoms with Crippen LogP contribution in [0.3, 0.4) is 0 Å². The number of carbonyl (C=O) groups is 14. The van der Waals surface area contributed by atoms with E-state index in [0.717, 1.165) is 21.0 Å². The number of nitrogens with zero attached hydrogens (tertiary/aromatic N) is 14. The molecule has 6 aliphatic rings. The average Bonchev–Trinajstić information content (AvgIpc) is 1.64. The Morgan fingerprint density at radius 3 is 1.44 bits per heavy atom. The van der Waals surface area contributed by atoms with E-state index in [1.807, 2.05) is 0 Å². The summed E-state index contributed by atoms with van der Waals surface area (Å²) in [6, 6.07) is -11.8. The quantitative estimate of drug-likeness (QED) is 0.00981. The van der Waals surface area contributed by atoms with Crippen LogP contribution in [0.1, 0.15) is 123 Å². The molecule has 11 rings (SSSR count). The van der Waals surface area contributed by atoms with Crippen LogP contribution >= 0.6 is 0 Å². The van der Waals surface area contributed by atoms with Gasteiger partial charge in [0.2, 0.25) is 76.8 Å². The first-order chi connectivity index (χ1) is 63.9. The number of nitrogen functional groups attached to an aromatic ring is 1. The average molecular weight is 1870 g/mol. The highest BCUT2D eigenvalue weighted by atomic mass is 16.3. The first-order valence-corrected chi connectivity index (χ1v) is 44.1. The van der Waals surface area contributed by atoms with E-state index in [-0.39, 0.29) is 170 Å². The van der Waals surface area contributed by atoms with Crippen molar-refractivity contribution in [2.45, 2.75) is 206 Å². The Balaban J connectivity index is 0.815. The van der Waals surface area contributed by atoms with Gasteiger partial charge in [-0.05, 0) is 114 Å². The first kappa shape index (κ1) is 100. The summed E-state index contributed by atoms with van der Waals surface area (Å²) in [7, 11) is 0. The summed E-state index contributed by atoms with van der Waals surface area (Å²) >= 11 is 0. The van der Waals surface area contributed by atoms with Gasteiger partial charge in [0, 0.05) is 139 Å². The molecular weight excluding hydrogens is 1750 g/mol. The number of aromatic hydroxyl groups is 1. The Hall–Kier alpha value is -14.5. The Bertz CT molecular complexity index is 5190. The standard InChI is InChI=1S/C81H119N37O16/c82-42-24-55(70(127)108-52(64(87)122)23-41-10-12-48(119)13-11-41)114(32-42)77(134)60-29-47(106-80(92)93)35-113(60)62(121)39-111(61(120)38-112-40-103-63-65(112)109-81(94)110-72(63)129)22-21-102-66(123)51(107-71(128)57-28-46(105-79(90)91)37-118(57)76(133)59-26-44(84)34-116(59)74(131)50(86)8-2-5-15-100-68(125)54-31-96-18-20-98-54)9-3-6-16-101-69(126)56-27-45(104-78(88)89)36-117(56)75(132)58-25-43(83)33-115(58)73(130)49(85)7-1-4-14-99-67(124)53-30-95-17-19-97-53/h10-13,17-20,30-31,40,42-47,49-52,55-60,119H,1-9,14-16,21-29,32-39,82-86H2,(H2,87,122)(H,99,124)(H,100,125)(H,101,126)(H,102,123)(H,107,128)(H,108,127)(H4,88,89,104)(H4,90,91,105)(H4,92,93,106)(H3,94,109,110,129)/t42-,43-,44-,45-,46-,47-,49+,50+,51+,52+,55-,56-,57-,58-,59-,60-/m1/s1. The van der Waals surface area contributed by atoms with Crippen LogP contribution < -0.4 is 111 Å². The van der Waals surface area contributed by atoms with Crippen LogP contribution in [0.5, 0.6) is 5.75 Å². The molecule has 0 unspecified atom stereocenters. The molecule has 0 spiro atoms. The number of aromatic amines is 1. The highest BCUT2D eigenvalue weighted by Gasteiger charge is 2.52. The molecule has 6 fully saturated rings. The molecule has 53 nitrogen and oxygen atoms in total. The summed E-state index contributed by atoms with van der Waals surface area (Å²) in [5.74, 6) is -12.1. The fraction of sp³-hybridized carbons (Fsp3) is 0.556. The Kier molecular flexibility index (Phi) is 34.4. The molecule has 0 saturated carbocycles. The lowest BCUT2D eigenvalue weighted by Crippen LogP contribution is -2.57. The number of rotatable bonds is 41. The number of unbranched alkanes of at least 4 members (excludes halogenated alkanes) is 3. The minimum atomic E-state index is -1.56. The second-order valence-electron chi connectivity index (χ2n) is 34.2. The maximum Gasteiger partial charge on any atom is 0.280 e. The van der Waals surface area contributed by atoms with E-state index >= 15 is 28.8 Å². The number of fused-ring (bicyclic) bond motifs is 1. The number of primary amides is 1. The topological polar surface area (TPSA) is 837 Å². The number of phenolic OH excluding ortho intramolecular Hbond substituents is 1. The zero-order chi connectivity index (χ0) is 96.9. The molecule has 6 saturated heterocycles. The SMILES string of the molecule is N=C(N)N[C@@H]1C[C@H](C(=O)N2C[C@H](N)C[C@@H]2C(=O)N[C@@H](Cc2ccc(O)cc2)C(N)=O)N(C(=O)CN(CCNC(=O)[C@H](CCCCNC(=O)[C@H]2C[C@@H](NC(=N)N)CN2C(=O)[C@H]2C[C@@H](N)CN2C(=O)[C@@H](N)CCCCNC(=O)c2cnccn2)NC(=O)[C@H]2C[C@@H](NC(=N)N)CN2C(=O)[C@H]2C[C@@H](N)CN2C(=O)[C@@H](N)CCCCNC(=O)c2cnccn2)C(=O)Cn2cnc3c(=O)[nH]c(N)nc32)C1. The number of benzene rings is 1. The van der Waals surface area contributed by atoms with Crippen LogP contribution in [-0.4, -0.2) is 355 Å². The number of hydrogen-bond donors (Lipinski definition) is 24. The minimum absolute atomic E-state index is 0.0160. The van der Waals surface area contributed by atoms with E-state index in [9.17, 15) is 48.3 Å². The largest absolute Gasteiger partial charge is 0.508 e. The number of anilines is 1. The molecule has 1 aromatic carbocycles. The van der Waals surface area contributed by atoms with Gasteiger partial charge in [0.1, 0.15) is 72.0 Å². The van der Waals surface area contributed by atoms with Gasteiger partial charge in [-0.15, -0.1) is 0 Å². The number of aromatic nitrogens is 8. The molecule has 34 N–H and O–H groups in total. The summed E-state index contributed by atoms with van der Waals surface area (Å²) in [6.07, 6.45) is 10.4. The second-order valence-corrected chi connectivity index (χ2v) is 34.2. The van der Waals surface area contributed by atoms with Gasteiger partial charge in [-0.2, -0.15) is 4.98 Å². The van der Waals surface area contributed by atoms with Crippen molar-refractivity contribution in [2.24, 2.45) is 51.6 Å². The Labute approximate surface area is 767 Å². The number of nitrogens with one attached hydrogen (secondary N) is 13. The van der Waals surface area contributed by atoms with Gasteiger partial charge in [0.25, 0.3) is 17.4 Å². The number of nitrogens with two attached hydrogens (primary N) is 10. The number of imidazole rings is 1. The maximum absolute atomic E-state index is 15.3. The zero-order valence-corrected chi connectivity index (χ0v) is 73.7. The van der Waals surface area contributed by atoms with Crippen molar-refractivity contribution in [2.75, 3.05) is 84.3 Å². The minimum Gasteiger partial charge on any atom is -0.508 e. The van der Waals surface area contributed by atoms with Crippen molar-refractivity contribution in [3.63, 3.8) is 0 Å². The molecule has 4 aromatic heterocycles. The van der Waals surface area contributed by atoms with Crippen LogP contribution in [0, 0.1) is 16.2 Å². The van der Waals surface area contributed by atoms with Crippen molar-refractivity contribution in [1.82, 2.24) is 122 Å². The molecule has 0 bridgehead atoms. The highest BCUT2D eigenvalue weighted by Crippen LogP contribution is 2.31. The van der Waals surface area contributed by atoms with Gasteiger partial charge in [0.05, 0.1) is 37.3 Å². The fourth-order valence-corrected chi connectivity index (χ4v) is 17.7. The lowest BCUT2D eigenvalue weighted by molar-refractivity contribution is -0.148. The predicted molar refractivity (Wildman–Crippen MR) is 477 cm³/mol. The third-order valence-corrected chi connectivity index (χ3v) is 24.2. The molecular formula is C81H119N37O16. The van der Waals surface area contributed by atoms with E-state index in [2.05, 4.69) is 82.7 Å². The van der Waals surface area contributed by atoms with E-state index < -0.39 is 229 Å². The molecule has 0 aliphatic carbocycles. The van der Waals surface area contributed by atoms with Crippen LogP contribution in [0.15, 0.2) is 72.6 Å². The fourth-order valence-electron chi connectivity index (χ4n) is 17.7. The molecule has 724 valence electrons. The van der Waals surface area contributed by atoms with Crippen molar-refractivity contribution in [1.29, 1.82) is 16.2 Å². The van der Waals surface area contributed by atoms with Crippen LogP contribution in [-0.2, 0) is 70.5 Å². The van der Waals surface area contributed by atoms with E-state index in [4.69, 9.17) is 73.6 Å². The van der Waals surface area contributed by atoms with Gasteiger partial charge in [-0.3, -0.25) is 103 Å².